The molecule has 1 amide bonds. The number of fused-ring (bicyclic) bond motifs is 1. The summed E-state index contributed by atoms with van der Waals surface area (Å²) in [5, 5.41) is 12.2. The summed E-state index contributed by atoms with van der Waals surface area (Å²) < 4.78 is 77.8. The van der Waals surface area contributed by atoms with E-state index in [1.165, 1.54) is 0 Å². The van der Waals surface area contributed by atoms with E-state index in [0.29, 0.717) is 12.1 Å². The summed E-state index contributed by atoms with van der Waals surface area (Å²) in [7, 11) is 0. The number of nitro groups is 1. The number of carbonyl (C=O) groups is 1. The van der Waals surface area contributed by atoms with Gasteiger partial charge < -0.3 is 5.32 Å². The van der Waals surface area contributed by atoms with Gasteiger partial charge in [0.05, 0.1) is 26.6 Å². The largest absolute Gasteiger partial charge is 0.416 e. The van der Waals surface area contributed by atoms with Crippen molar-refractivity contribution in [1.82, 2.24) is 4.98 Å². The van der Waals surface area contributed by atoms with E-state index in [-0.39, 0.29) is 11.8 Å². The molecule has 0 atom stereocenters. The molecule has 162 valence electrons. The monoisotopic (exact) mass is 463 g/mol. The standard InChI is InChI=1S/C18H8ClF6N3O3/c19-14-11-5-9(18(23,24)25)6-13(28(30)31)15(11)26-7-12(14)16(29)27-10-3-1-2-8(4-10)17(20,21)22/h1-7H,(H,27,29). The number of amides is 1. The lowest BCUT2D eigenvalue weighted by Gasteiger charge is -2.12. The number of benzene rings is 2. The first-order chi connectivity index (χ1) is 14.3. The highest BCUT2D eigenvalue weighted by Crippen LogP contribution is 2.39. The summed E-state index contributed by atoms with van der Waals surface area (Å²) >= 11 is 6.03. The molecule has 6 nitrogen and oxygen atoms in total. The van der Waals surface area contributed by atoms with Crippen molar-refractivity contribution in [2.45, 2.75) is 12.4 Å². The van der Waals surface area contributed by atoms with Crippen molar-refractivity contribution in [2.24, 2.45) is 0 Å². The number of nitrogens with one attached hydrogen (secondary N) is 1. The molecular weight excluding hydrogens is 456 g/mol. The van der Waals surface area contributed by atoms with Gasteiger partial charge in [-0.15, -0.1) is 0 Å². The van der Waals surface area contributed by atoms with Crippen LogP contribution >= 0.6 is 11.6 Å². The summed E-state index contributed by atoms with van der Waals surface area (Å²) in [5.41, 5.74) is -4.63. The zero-order chi connectivity index (χ0) is 23.1. The Morgan fingerprint density at radius 1 is 1.03 bits per heavy atom. The lowest BCUT2D eigenvalue weighted by molar-refractivity contribution is -0.383. The van der Waals surface area contributed by atoms with Gasteiger partial charge in [0.2, 0.25) is 0 Å². The van der Waals surface area contributed by atoms with Gasteiger partial charge in [-0.3, -0.25) is 14.9 Å². The molecule has 1 N–H and O–H groups in total. The number of pyridine rings is 1. The van der Waals surface area contributed by atoms with E-state index in [4.69, 9.17) is 11.6 Å². The third kappa shape index (κ3) is 4.53. The van der Waals surface area contributed by atoms with Crippen LogP contribution in [0.25, 0.3) is 10.9 Å². The second-order valence-corrected chi connectivity index (χ2v) is 6.54. The predicted octanol–water partition coefficient (Wildman–Crippen LogP) is 6.09. The first-order valence-electron chi connectivity index (χ1n) is 8.11. The van der Waals surface area contributed by atoms with Gasteiger partial charge >= 0.3 is 12.4 Å². The maximum Gasteiger partial charge on any atom is 0.416 e. The Labute approximate surface area is 173 Å². The number of halogens is 7. The molecule has 1 aromatic heterocycles. The number of rotatable bonds is 3. The van der Waals surface area contributed by atoms with Crippen LogP contribution < -0.4 is 5.32 Å². The van der Waals surface area contributed by atoms with Crippen LogP contribution in [0.2, 0.25) is 5.02 Å². The van der Waals surface area contributed by atoms with Gasteiger partial charge in [-0.1, -0.05) is 17.7 Å². The first-order valence-corrected chi connectivity index (χ1v) is 8.49. The van der Waals surface area contributed by atoms with Crippen molar-refractivity contribution in [2.75, 3.05) is 5.32 Å². The van der Waals surface area contributed by atoms with Gasteiger partial charge in [0.15, 0.2) is 0 Å². The van der Waals surface area contributed by atoms with Crippen LogP contribution in [0.3, 0.4) is 0 Å². The quantitative estimate of drug-likeness (QED) is 0.289. The molecule has 0 spiro atoms. The third-order valence-electron chi connectivity index (χ3n) is 4.10. The minimum atomic E-state index is -4.95. The van der Waals surface area contributed by atoms with Gasteiger partial charge in [-0.05, 0) is 24.3 Å². The number of alkyl halides is 6. The highest BCUT2D eigenvalue weighted by molar-refractivity contribution is 6.39. The number of non-ortho nitro benzene ring substituents is 1. The van der Waals surface area contributed by atoms with Crippen LogP contribution in [-0.4, -0.2) is 15.8 Å². The molecule has 3 aromatic rings. The summed E-state index contributed by atoms with van der Waals surface area (Å²) in [4.78, 5) is 26.2. The van der Waals surface area contributed by atoms with E-state index in [1.807, 2.05) is 0 Å². The Bertz CT molecular complexity index is 1210. The number of aromatic nitrogens is 1. The molecule has 0 saturated carbocycles. The van der Waals surface area contributed by atoms with Crippen LogP contribution in [0.4, 0.5) is 37.7 Å². The average molecular weight is 464 g/mol. The normalized spacial score (nSPS) is 12.1. The third-order valence-corrected chi connectivity index (χ3v) is 4.51. The Kier molecular flexibility index (Phi) is 5.53. The lowest BCUT2D eigenvalue weighted by atomic mass is 10.1. The number of hydrogen-bond acceptors (Lipinski definition) is 4. The Balaban J connectivity index is 2.08. The fourth-order valence-corrected chi connectivity index (χ4v) is 2.96. The molecule has 13 heteroatoms. The van der Waals surface area contributed by atoms with Crippen molar-refractivity contribution >= 4 is 39.8 Å². The smallest absolute Gasteiger partial charge is 0.322 e. The molecule has 0 saturated heterocycles. The molecular formula is C18H8ClF6N3O3. The predicted molar refractivity (Wildman–Crippen MR) is 97.8 cm³/mol. The molecule has 0 aliphatic heterocycles. The van der Waals surface area contributed by atoms with Gasteiger partial charge in [-0.2, -0.15) is 26.3 Å². The van der Waals surface area contributed by atoms with E-state index >= 15 is 0 Å². The van der Waals surface area contributed by atoms with E-state index in [2.05, 4.69) is 10.3 Å². The second kappa shape index (κ2) is 7.69. The minimum Gasteiger partial charge on any atom is -0.322 e. The summed E-state index contributed by atoms with van der Waals surface area (Å²) in [5.74, 6) is -1.07. The number of carbonyl (C=O) groups excluding carboxylic acids is 1. The Morgan fingerprint density at radius 3 is 2.26 bits per heavy atom. The summed E-state index contributed by atoms with van der Waals surface area (Å²) in [6, 6.07) is 4.40. The van der Waals surface area contributed by atoms with E-state index in [9.17, 15) is 41.3 Å². The fraction of sp³-hybridized carbons (Fsp3) is 0.111. The average Bonchev–Trinajstić information content (AvgIpc) is 2.66. The van der Waals surface area contributed by atoms with Crippen molar-refractivity contribution in [3.63, 3.8) is 0 Å². The number of nitro benzene ring substituents is 1. The van der Waals surface area contributed by atoms with Crippen molar-refractivity contribution < 1.29 is 36.1 Å². The van der Waals surface area contributed by atoms with Crippen LogP contribution in [0.1, 0.15) is 21.5 Å². The molecule has 2 aromatic carbocycles. The van der Waals surface area contributed by atoms with Gasteiger partial charge in [0, 0.05) is 23.3 Å². The topological polar surface area (TPSA) is 85.1 Å². The van der Waals surface area contributed by atoms with Crippen LogP contribution in [0.5, 0.6) is 0 Å². The van der Waals surface area contributed by atoms with Crippen LogP contribution in [0, 0.1) is 10.1 Å². The van der Waals surface area contributed by atoms with E-state index in [1.54, 1.807) is 0 Å². The fourth-order valence-electron chi connectivity index (χ4n) is 2.69. The summed E-state index contributed by atoms with van der Waals surface area (Å²) in [6.07, 6.45) is -8.83. The zero-order valence-electron chi connectivity index (χ0n) is 14.8. The SMILES string of the molecule is O=C(Nc1cccc(C(F)(F)F)c1)c1cnc2c([N+](=O)[O-])cc(C(F)(F)F)cc2c1Cl. The summed E-state index contributed by atoms with van der Waals surface area (Å²) in [6.45, 7) is 0. The zero-order valence-corrected chi connectivity index (χ0v) is 15.6. The second-order valence-electron chi connectivity index (χ2n) is 6.16. The molecule has 0 bridgehead atoms. The molecule has 0 unspecified atom stereocenters. The number of nitrogens with zero attached hydrogens (tertiary/aromatic N) is 2. The van der Waals surface area contributed by atoms with E-state index < -0.39 is 61.5 Å². The Morgan fingerprint density at radius 2 is 1.68 bits per heavy atom. The van der Waals surface area contributed by atoms with Gasteiger partial charge in [0.1, 0.15) is 5.52 Å². The highest BCUT2D eigenvalue weighted by atomic mass is 35.5. The van der Waals surface area contributed by atoms with Crippen molar-refractivity contribution in [1.29, 1.82) is 0 Å². The van der Waals surface area contributed by atoms with Crippen molar-refractivity contribution in [3.8, 4) is 0 Å². The maximum atomic E-state index is 13.1. The molecule has 1 heterocycles. The van der Waals surface area contributed by atoms with Gasteiger partial charge in [0.25, 0.3) is 11.6 Å². The molecule has 0 aliphatic carbocycles. The highest BCUT2D eigenvalue weighted by Gasteiger charge is 2.34. The van der Waals surface area contributed by atoms with E-state index in [0.717, 1.165) is 24.4 Å². The Hall–Kier alpha value is -3.41. The molecule has 0 fully saturated rings. The van der Waals surface area contributed by atoms with Crippen LogP contribution in [0.15, 0.2) is 42.6 Å². The number of anilines is 1. The molecule has 0 aliphatic rings. The maximum absolute atomic E-state index is 13.1. The minimum absolute atomic E-state index is 0.258. The molecule has 3 rings (SSSR count). The lowest BCUT2D eigenvalue weighted by Crippen LogP contribution is -2.14. The molecule has 31 heavy (non-hydrogen) atoms. The van der Waals surface area contributed by atoms with Gasteiger partial charge in [-0.25, -0.2) is 4.98 Å². The van der Waals surface area contributed by atoms with Crippen molar-refractivity contribution in [3.05, 3.63) is 74.4 Å². The molecule has 0 radical (unpaired) electrons. The number of hydrogen-bond donors (Lipinski definition) is 1. The first kappa shape index (κ1) is 22.3. The van der Waals surface area contributed by atoms with Crippen LogP contribution in [-0.2, 0) is 12.4 Å².